The Morgan fingerprint density at radius 1 is 1.14 bits per heavy atom. The van der Waals surface area contributed by atoms with E-state index in [-0.39, 0.29) is 5.91 Å². The van der Waals surface area contributed by atoms with Gasteiger partial charge in [-0.3, -0.25) is 9.20 Å². The Bertz CT molecular complexity index is 1190. The minimum Gasteiger partial charge on any atom is -0.497 e. The summed E-state index contributed by atoms with van der Waals surface area (Å²) < 4.78 is 7.17. The van der Waals surface area contributed by atoms with Crippen molar-refractivity contribution in [1.29, 1.82) is 0 Å². The Labute approximate surface area is 172 Å². The normalized spacial score (nSPS) is 10.7. The molecule has 0 saturated carbocycles. The van der Waals surface area contributed by atoms with E-state index in [1.807, 2.05) is 34.9 Å². The van der Waals surface area contributed by atoms with Gasteiger partial charge in [-0.2, -0.15) is 0 Å². The van der Waals surface area contributed by atoms with Crippen LogP contribution in [0.3, 0.4) is 0 Å². The maximum Gasteiger partial charge on any atom is 0.252 e. The maximum absolute atomic E-state index is 12.0. The van der Waals surface area contributed by atoms with Crippen molar-refractivity contribution in [3.8, 4) is 17.0 Å². The van der Waals surface area contributed by atoms with Crippen molar-refractivity contribution < 1.29 is 9.53 Å². The van der Waals surface area contributed by atoms with E-state index in [1.54, 1.807) is 44.8 Å². The number of amides is 1. The number of ether oxygens (including phenoxy) is 1. The average molecular weight is 408 g/mol. The summed E-state index contributed by atoms with van der Waals surface area (Å²) >= 11 is 6.13. The summed E-state index contributed by atoms with van der Waals surface area (Å²) in [6.07, 6.45) is 5.34. The third kappa shape index (κ3) is 3.60. The Balaban J connectivity index is 1.71. The standard InChI is InChI=1S/C21H18ClN5O2/c1-23-21(28)16-11-14(5-8-17(16)22)26-19-20-25-12-18(27(20)10-9-24-19)13-3-6-15(29-2)7-4-13/h3-12H,1-2H3,(H,23,28)(H,24,26). The van der Waals surface area contributed by atoms with Crippen LogP contribution >= 0.6 is 11.6 Å². The predicted molar refractivity (Wildman–Crippen MR) is 113 cm³/mol. The molecule has 0 radical (unpaired) electrons. The number of hydrogen-bond acceptors (Lipinski definition) is 5. The van der Waals surface area contributed by atoms with Gasteiger partial charge in [0.15, 0.2) is 11.5 Å². The van der Waals surface area contributed by atoms with Gasteiger partial charge in [0.1, 0.15) is 5.75 Å². The molecule has 1 amide bonds. The van der Waals surface area contributed by atoms with Gasteiger partial charge in [-0.15, -0.1) is 0 Å². The molecule has 0 aliphatic rings. The number of fused-ring (bicyclic) bond motifs is 1. The molecule has 0 bridgehead atoms. The van der Waals surface area contributed by atoms with Gasteiger partial charge in [0.2, 0.25) is 0 Å². The number of carbonyl (C=O) groups is 1. The second-order valence-electron chi connectivity index (χ2n) is 6.24. The zero-order valence-corrected chi connectivity index (χ0v) is 16.6. The van der Waals surface area contributed by atoms with Crippen molar-refractivity contribution in [1.82, 2.24) is 19.7 Å². The fraction of sp³-hybridized carbons (Fsp3) is 0.0952. The smallest absolute Gasteiger partial charge is 0.252 e. The van der Waals surface area contributed by atoms with Gasteiger partial charge in [0.25, 0.3) is 5.91 Å². The number of benzene rings is 2. The van der Waals surface area contributed by atoms with Gasteiger partial charge in [-0.1, -0.05) is 11.6 Å². The molecule has 0 saturated heterocycles. The summed E-state index contributed by atoms with van der Waals surface area (Å²) in [5.74, 6) is 1.10. The van der Waals surface area contributed by atoms with Crippen molar-refractivity contribution in [2.45, 2.75) is 0 Å². The zero-order chi connectivity index (χ0) is 20.4. The molecular formula is C21H18ClN5O2. The lowest BCUT2D eigenvalue weighted by Crippen LogP contribution is -2.18. The number of anilines is 2. The number of nitrogens with zero attached hydrogens (tertiary/aromatic N) is 3. The number of aromatic nitrogens is 3. The molecule has 4 aromatic rings. The Kier molecular flexibility index (Phi) is 5.05. The molecule has 2 heterocycles. The monoisotopic (exact) mass is 407 g/mol. The van der Waals surface area contributed by atoms with Crippen molar-refractivity contribution in [3.63, 3.8) is 0 Å². The minimum atomic E-state index is -0.257. The third-order valence-corrected chi connectivity index (χ3v) is 4.84. The number of hydrogen-bond donors (Lipinski definition) is 2. The first-order chi connectivity index (χ1) is 14.1. The lowest BCUT2D eigenvalue weighted by atomic mass is 10.1. The summed E-state index contributed by atoms with van der Waals surface area (Å²) in [6.45, 7) is 0. The van der Waals surface area contributed by atoms with Crippen LogP contribution in [0.1, 0.15) is 10.4 Å². The zero-order valence-electron chi connectivity index (χ0n) is 15.8. The van der Waals surface area contributed by atoms with E-state index in [4.69, 9.17) is 16.3 Å². The average Bonchev–Trinajstić information content (AvgIpc) is 3.20. The van der Waals surface area contributed by atoms with Gasteiger partial charge < -0.3 is 15.4 Å². The van der Waals surface area contributed by atoms with Gasteiger partial charge in [-0.25, -0.2) is 9.97 Å². The lowest BCUT2D eigenvalue weighted by Gasteiger charge is -2.10. The van der Waals surface area contributed by atoms with E-state index < -0.39 is 0 Å². The summed E-state index contributed by atoms with van der Waals surface area (Å²) in [4.78, 5) is 20.9. The number of nitrogens with one attached hydrogen (secondary N) is 2. The highest BCUT2D eigenvalue weighted by Crippen LogP contribution is 2.28. The second kappa shape index (κ2) is 7.81. The molecule has 0 fully saturated rings. The van der Waals surface area contributed by atoms with Crippen molar-refractivity contribution in [2.75, 3.05) is 19.5 Å². The highest BCUT2D eigenvalue weighted by Gasteiger charge is 2.13. The summed E-state index contributed by atoms with van der Waals surface area (Å²) in [6, 6.07) is 12.9. The fourth-order valence-electron chi connectivity index (χ4n) is 3.03. The van der Waals surface area contributed by atoms with Crippen molar-refractivity contribution in [2.24, 2.45) is 0 Å². The molecule has 0 spiro atoms. The Hall–Kier alpha value is -3.58. The highest BCUT2D eigenvalue weighted by atomic mass is 35.5. The molecule has 7 nitrogen and oxygen atoms in total. The molecule has 0 atom stereocenters. The second-order valence-corrected chi connectivity index (χ2v) is 6.65. The van der Waals surface area contributed by atoms with E-state index >= 15 is 0 Å². The van der Waals surface area contributed by atoms with Crippen LogP contribution in [0.25, 0.3) is 16.9 Å². The van der Waals surface area contributed by atoms with Gasteiger partial charge >= 0.3 is 0 Å². The van der Waals surface area contributed by atoms with E-state index in [1.165, 1.54) is 0 Å². The molecule has 146 valence electrons. The summed E-state index contributed by atoms with van der Waals surface area (Å²) in [7, 11) is 3.20. The molecular weight excluding hydrogens is 390 g/mol. The van der Waals surface area contributed by atoms with E-state index in [2.05, 4.69) is 20.6 Å². The molecule has 0 aliphatic carbocycles. The van der Waals surface area contributed by atoms with Gasteiger partial charge in [-0.05, 0) is 42.5 Å². The van der Waals surface area contributed by atoms with Crippen LogP contribution in [-0.2, 0) is 0 Å². The van der Waals surface area contributed by atoms with Crippen LogP contribution in [0.2, 0.25) is 5.02 Å². The van der Waals surface area contributed by atoms with Crippen molar-refractivity contribution >= 4 is 34.7 Å². The van der Waals surface area contributed by atoms with Crippen LogP contribution in [-0.4, -0.2) is 34.4 Å². The summed E-state index contributed by atoms with van der Waals surface area (Å²) in [5.41, 5.74) is 3.66. The quantitative estimate of drug-likeness (QED) is 0.519. The topological polar surface area (TPSA) is 80.6 Å². The molecule has 29 heavy (non-hydrogen) atoms. The molecule has 0 aliphatic heterocycles. The van der Waals surface area contributed by atoms with E-state index in [0.717, 1.165) is 17.0 Å². The lowest BCUT2D eigenvalue weighted by molar-refractivity contribution is 0.0963. The van der Waals surface area contributed by atoms with Crippen LogP contribution in [0, 0.1) is 0 Å². The first-order valence-electron chi connectivity index (χ1n) is 8.86. The van der Waals surface area contributed by atoms with E-state index in [9.17, 15) is 4.79 Å². The number of imidazole rings is 1. The van der Waals surface area contributed by atoms with Gasteiger partial charge in [0, 0.05) is 30.7 Å². The Morgan fingerprint density at radius 3 is 2.66 bits per heavy atom. The Morgan fingerprint density at radius 2 is 1.93 bits per heavy atom. The number of rotatable bonds is 5. The first-order valence-corrected chi connectivity index (χ1v) is 9.23. The minimum absolute atomic E-state index is 0.257. The fourth-order valence-corrected chi connectivity index (χ4v) is 3.23. The first kappa shape index (κ1) is 18.8. The number of methoxy groups -OCH3 is 1. The molecule has 0 unspecified atom stereocenters. The van der Waals surface area contributed by atoms with Crippen molar-refractivity contribution in [3.05, 3.63) is 71.6 Å². The molecule has 2 aromatic heterocycles. The molecule has 2 N–H and O–H groups in total. The number of halogens is 1. The highest BCUT2D eigenvalue weighted by molar-refractivity contribution is 6.34. The summed E-state index contributed by atoms with van der Waals surface area (Å²) in [5, 5.41) is 6.18. The van der Waals surface area contributed by atoms with E-state index in [0.29, 0.717) is 27.7 Å². The SMILES string of the molecule is CNC(=O)c1cc(Nc2nccn3c(-c4ccc(OC)cc4)cnc23)ccc1Cl. The molecule has 4 rings (SSSR count). The largest absolute Gasteiger partial charge is 0.497 e. The maximum atomic E-state index is 12.0. The molecule has 2 aromatic carbocycles. The number of carbonyl (C=O) groups excluding carboxylic acids is 1. The van der Waals surface area contributed by atoms with Crippen LogP contribution < -0.4 is 15.4 Å². The van der Waals surface area contributed by atoms with Crippen LogP contribution in [0.15, 0.2) is 61.1 Å². The third-order valence-electron chi connectivity index (χ3n) is 4.51. The van der Waals surface area contributed by atoms with Crippen LogP contribution in [0.4, 0.5) is 11.5 Å². The molecule has 8 heteroatoms. The van der Waals surface area contributed by atoms with Gasteiger partial charge in [0.05, 0.1) is 29.6 Å². The predicted octanol–water partition coefficient (Wildman–Crippen LogP) is 4.16. The van der Waals surface area contributed by atoms with Crippen LogP contribution in [0.5, 0.6) is 5.75 Å².